The standard InChI is InChI=1S/C23H16FNO3/c24-21-3-1-2-17(13-21)15-28-22-10-4-16(5-11-22)12-20(14-25)18-6-8-19(9-7-18)23(26)27/h1-13H,15H2,(H,26,27)/b20-12+. The van der Waals surface area contributed by atoms with Gasteiger partial charge < -0.3 is 9.84 Å². The molecule has 0 unspecified atom stereocenters. The summed E-state index contributed by atoms with van der Waals surface area (Å²) in [6, 6.07) is 21.7. The third-order valence-corrected chi connectivity index (χ3v) is 4.05. The molecule has 1 N–H and O–H groups in total. The number of carboxylic acids is 1. The monoisotopic (exact) mass is 373 g/mol. The van der Waals surface area contributed by atoms with Gasteiger partial charge in [0.05, 0.1) is 17.2 Å². The van der Waals surface area contributed by atoms with Crippen molar-refractivity contribution in [2.75, 3.05) is 0 Å². The Labute approximate surface area is 161 Å². The van der Waals surface area contributed by atoms with Crippen LogP contribution in [0.5, 0.6) is 5.75 Å². The lowest BCUT2D eigenvalue weighted by Gasteiger charge is -2.07. The van der Waals surface area contributed by atoms with Crippen LogP contribution in [0, 0.1) is 17.1 Å². The summed E-state index contributed by atoms with van der Waals surface area (Å²) < 4.78 is 18.8. The molecule has 0 atom stereocenters. The first-order chi connectivity index (χ1) is 13.5. The molecule has 3 aromatic carbocycles. The Morgan fingerprint density at radius 2 is 1.71 bits per heavy atom. The van der Waals surface area contributed by atoms with Crippen LogP contribution in [0.3, 0.4) is 0 Å². The van der Waals surface area contributed by atoms with Gasteiger partial charge in [-0.1, -0.05) is 36.4 Å². The zero-order valence-corrected chi connectivity index (χ0v) is 14.8. The summed E-state index contributed by atoms with van der Waals surface area (Å²) in [6.07, 6.45) is 1.71. The number of benzene rings is 3. The fourth-order valence-corrected chi connectivity index (χ4v) is 2.59. The second-order valence-corrected chi connectivity index (χ2v) is 6.04. The van der Waals surface area contributed by atoms with E-state index < -0.39 is 5.97 Å². The second-order valence-electron chi connectivity index (χ2n) is 6.04. The number of aromatic carboxylic acids is 1. The number of hydrogen-bond donors (Lipinski definition) is 1. The second kappa shape index (κ2) is 8.65. The van der Waals surface area contributed by atoms with Crippen LogP contribution < -0.4 is 4.74 Å². The number of halogens is 1. The highest BCUT2D eigenvalue weighted by Gasteiger charge is 2.05. The molecular formula is C23H16FNO3. The molecular weight excluding hydrogens is 357 g/mol. The van der Waals surface area contributed by atoms with Crippen LogP contribution in [0.4, 0.5) is 4.39 Å². The van der Waals surface area contributed by atoms with Gasteiger partial charge in [0.15, 0.2) is 0 Å². The minimum absolute atomic E-state index is 0.167. The Hall–Kier alpha value is -3.91. The average molecular weight is 373 g/mol. The van der Waals surface area contributed by atoms with Crippen molar-refractivity contribution in [3.63, 3.8) is 0 Å². The minimum Gasteiger partial charge on any atom is -0.489 e. The Balaban J connectivity index is 1.71. The molecule has 4 nitrogen and oxygen atoms in total. The first kappa shape index (κ1) is 18.9. The highest BCUT2D eigenvalue weighted by molar-refractivity contribution is 5.92. The molecule has 3 rings (SSSR count). The third kappa shape index (κ3) is 4.83. The van der Waals surface area contributed by atoms with Crippen LogP contribution in [0.15, 0.2) is 72.8 Å². The number of allylic oxidation sites excluding steroid dienone is 1. The van der Waals surface area contributed by atoms with Gasteiger partial charge in [0.1, 0.15) is 18.2 Å². The van der Waals surface area contributed by atoms with Crippen LogP contribution in [-0.4, -0.2) is 11.1 Å². The van der Waals surface area contributed by atoms with E-state index in [9.17, 15) is 14.4 Å². The number of carboxylic acid groups (broad SMARTS) is 1. The molecule has 0 amide bonds. The van der Waals surface area contributed by atoms with Crippen molar-refractivity contribution in [3.05, 3.63) is 101 Å². The molecule has 5 heteroatoms. The fourth-order valence-electron chi connectivity index (χ4n) is 2.59. The predicted octanol–water partition coefficient (Wildman–Crippen LogP) is 5.17. The lowest BCUT2D eigenvalue weighted by atomic mass is 10.0. The Kier molecular flexibility index (Phi) is 5.83. The van der Waals surface area contributed by atoms with Gasteiger partial charge in [0.2, 0.25) is 0 Å². The molecule has 0 saturated heterocycles. The van der Waals surface area contributed by atoms with Crippen molar-refractivity contribution in [2.45, 2.75) is 6.61 Å². The van der Waals surface area contributed by atoms with Gasteiger partial charge in [-0.15, -0.1) is 0 Å². The largest absolute Gasteiger partial charge is 0.489 e. The molecule has 0 spiro atoms. The Bertz CT molecular complexity index is 1050. The Morgan fingerprint density at radius 3 is 2.32 bits per heavy atom. The zero-order chi connectivity index (χ0) is 19.9. The van der Waals surface area contributed by atoms with E-state index in [1.165, 1.54) is 24.3 Å². The molecule has 0 saturated carbocycles. The first-order valence-corrected chi connectivity index (χ1v) is 8.48. The van der Waals surface area contributed by atoms with E-state index in [0.717, 1.165) is 11.1 Å². The van der Waals surface area contributed by atoms with Crippen molar-refractivity contribution in [3.8, 4) is 11.8 Å². The Morgan fingerprint density at radius 1 is 1.04 bits per heavy atom. The molecule has 3 aromatic rings. The van der Waals surface area contributed by atoms with E-state index in [1.54, 1.807) is 42.5 Å². The summed E-state index contributed by atoms with van der Waals surface area (Å²) in [6.45, 7) is 0.256. The number of nitrogens with zero attached hydrogens (tertiary/aromatic N) is 1. The maximum Gasteiger partial charge on any atom is 0.335 e. The van der Waals surface area contributed by atoms with Crippen LogP contribution in [0.1, 0.15) is 27.0 Å². The molecule has 0 aliphatic rings. The summed E-state index contributed by atoms with van der Waals surface area (Å²) in [5, 5.41) is 18.4. The van der Waals surface area contributed by atoms with Gasteiger partial charge in [-0.05, 0) is 59.2 Å². The summed E-state index contributed by atoms with van der Waals surface area (Å²) in [7, 11) is 0. The fraction of sp³-hybridized carbons (Fsp3) is 0.0435. The molecule has 0 heterocycles. The summed E-state index contributed by atoms with van der Waals surface area (Å²) >= 11 is 0. The smallest absolute Gasteiger partial charge is 0.335 e. The SMILES string of the molecule is N#C/C(=C\c1ccc(OCc2cccc(F)c2)cc1)c1ccc(C(=O)O)cc1. The number of nitriles is 1. The van der Waals surface area contributed by atoms with E-state index in [0.29, 0.717) is 16.9 Å². The third-order valence-electron chi connectivity index (χ3n) is 4.05. The topological polar surface area (TPSA) is 70.3 Å². The van der Waals surface area contributed by atoms with Crippen LogP contribution >= 0.6 is 0 Å². The van der Waals surface area contributed by atoms with Crippen LogP contribution in [-0.2, 0) is 6.61 Å². The molecule has 0 aromatic heterocycles. The predicted molar refractivity (Wildman–Crippen MR) is 104 cm³/mol. The quantitative estimate of drug-likeness (QED) is 0.478. The maximum absolute atomic E-state index is 13.2. The van der Waals surface area contributed by atoms with Crippen LogP contribution in [0.25, 0.3) is 11.6 Å². The van der Waals surface area contributed by atoms with E-state index >= 15 is 0 Å². The number of carbonyl (C=O) groups is 1. The summed E-state index contributed by atoms with van der Waals surface area (Å²) in [4.78, 5) is 10.9. The first-order valence-electron chi connectivity index (χ1n) is 8.48. The average Bonchev–Trinajstić information content (AvgIpc) is 2.71. The lowest BCUT2D eigenvalue weighted by Crippen LogP contribution is -1.96. The summed E-state index contributed by atoms with van der Waals surface area (Å²) in [5.41, 5.74) is 2.77. The van der Waals surface area contributed by atoms with E-state index in [4.69, 9.17) is 9.84 Å². The number of ether oxygens (including phenoxy) is 1. The van der Waals surface area contributed by atoms with E-state index in [1.807, 2.05) is 12.1 Å². The highest BCUT2D eigenvalue weighted by Crippen LogP contribution is 2.21. The van der Waals surface area contributed by atoms with Crippen molar-refractivity contribution in [1.82, 2.24) is 0 Å². The zero-order valence-electron chi connectivity index (χ0n) is 14.8. The van der Waals surface area contributed by atoms with Gasteiger partial charge in [0.25, 0.3) is 0 Å². The molecule has 138 valence electrons. The molecule has 0 bridgehead atoms. The molecule has 0 aliphatic carbocycles. The van der Waals surface area contributed by atoms with Gasteiger partial charge in [-0.3, -0.25) is 0 Å². The normalized spacial score (nSPS) is 10.9. The minimum atomic E-state index is -1.01. The van der Waals surface area contributed by atoms with Gasteiger partial charge >= 0.3 is 5.97 Å². The molecule has 28 heavy (non-hydrogen) atoms. The molecule has 0 fully saturated rings. The van der Waals surface area contributed by atoms with Gasteiger partial charge in [-0.25, -0.2) is 9.18 Å². The van der Waals surface area contributed by atoms with Crippen molar-refractivity contribution in [2.24, 2.45) is 0 Å². The van der Waals surface area contributed by atoms with E-state index in [2.05, 4.69) is 6.07 Å². The molecule has 0 radical (unpaired) electrons. The van der Waals surface area contributed by atoms with Crippen molar-refractivity contribution >= 4 is 17.6 Å². The number of rotatable bonds is 6. The van der Waals surface area contributed by atoms with Gasteiger partial charge in [0, 0.05) is 0 Å². The molecule has 0 aliphatic heterocycles. The van der Waals surface area contributed by atoms with Crippen molar-refractivity contribution < 1.29 is 19.0 Å². The maximum atomic E-state index is 13.2. The lowest BCUT2D eigenvalue weighted by molar-refractivity contribution is 0.0697. The number of hydrogen-bond acceptors (Lipinski definition) is 3. The van der Waals surface area contributed by atoms with Gasteiger partial charge in [-0.2, -0.15) is 5.26 Å². The van der Waals surface area contributed by atoms with E-state index in [-0.39, 0.29) is 18.0 Å². The summed E-state index contributed by atoms with van der Waals surface area (Å²) in [5.74, 6) is -0.685. The van der Waals surface area contributed by atoms with Crippen molar-refractivity contribution in [1.29, 1.82) is 5.26 Å². The highest BCUT2D eigenvalue weighted by atomic mass is 19.1. The van der Waals surface area contributed by atoms with Crippen LogP contribution in [0.2, 0.25) is 0 Å².